The Bertz CT molecular complexity index is 593. The van der Waals surface area contributed by atoms with Crippen LogP contribution in [0.3, 0.4) is 0 Å². The number of aromatic carboxylic acids is 1. The second kappa shape index (κ2) is 4.23. The molecular weight excluding hydrogens is 234 g/mol. The summed E-state index contributed by atoms with van der Waals surface area (Å²) < 4.78 is 4.97. The predicted octanol–water partition coefficient (Wildman–Crippen LogP) is 1.08. The fraction of sp³-hybridized carbons (Fsp3) is 0.250. The Kier molecular flexibility index (Phi) is 2.56. The molecule has 3 heterocycles. The second-order valence-corrected chi connectivity index (χ2v) is 4.07. The first-order valence-corrected chi connectivity index (χ1v) is 5.62. The third-order valence-electron chi connectivity index (χ3n) is 2.92. The standard InChI is InChI=1S/C12H11N3O3/c16-12(17)10-8-5-13-3-1-9(8)14-11(15-10)7-2-4-18-6-7/h2,4,6,13H,1,3,5H2,(H,16,17). The summed E-state index contributed by atoms with van der Waals surface area (Å²) in [6.07, 6.45) is 3.73. The van der Waals surface area contributed by atoms with E-state index in [2.05, 4.69) is 15.3 Å². The number of furan rings is 1. The van der Waals surface area contributed by atoms with Gasteiger partial charge in [-0.2, -0.15) is 0 Å². The van der Waals surface area contributed by atoms with Gasteiger partial charge in [-0.05, 0) is 6.07 Å². The molecule has 2 aromatic rings. The lowest BCUT2D eigenvalue weighted by Crippen LogP contribution is -2.28. The van der Waals surface area contributed by atoms with Crippen molar-refractivity contribution in [3.63, 3.8) is 0 Å². The van der Waals surface area contributed by atoms with Crippen molar-refractivity contribution in [2.45, 2.75) is 13.0 Å². The van der Waals surface area contributed by atoms with Crippen molar-refractivity contribution in [2.75, 3.05) is 6.54 Å². The molecule has 0 bridgehead atoms. The van der Waals surface area contributed by atoms with Crippen LogP contribution >= 0.6 is 0 Å². The molecule has 0 saturated carbocycles. The van der Waals surface area contributed by atoms with Gasteiger partial charge in [0.25, 0.3) is 0 Å². The summed E-state index contributed by atoms with van der Waals surface area (Å²) in [6.45, 7) is 1.30. The molecule has 1 aliphatic rings. The van der Waals surface area contributed by atoms with Crippen molar-refractivity contribution in [3.8, 4) is 11.4 Å². The van der Waals surface area contributed by atoms with Gasteiger partial charge in [0.1, 0.15) is 6.26 Å². The number of carbonyl (C=O) groups is 1. The fourth-order valence-corrected chi connectivity index (χ4v) is 2.04. The number of nitrogens with one attached hydrogen (secondary N) is 1. The highest BCUT2D eigenvalue weighted by atomic mass is 16.4. The molecule has 0 spiro atoms. The van der Waals surface area contributed by atoms with Crippen molar-refractivity contribution in [1.82, 2.24) is 15.3 Å². The number of hydrogen-bond acceptors (Lipinski definition) is 5. The van der Waals surface area contributed by atoms with E-state index in [1.54, 1.807) is 6.07 Å². The van der Waals surface area contributed by atoms with Crippen LogP contribution < -0.4 is 5.32 Å². The van der Waals surface area contributed by atoms with E-state index in [0.717, 1.165) is 12.2 Å². The molecule has 2 N–H and O–H groups in total. The highest BCUT2D eigenvalue weighted by Gasteiger charge is 2.22. The van der Waals surface area contributed by atoms with E-state index in [4.69, 9.17) is 4.42 Å². The topological polar surface area (TPSA) is 88.2 Å². The molecule has 6 heteroatoms. The van der Waals surface area contributed by atoms with Crippen molar-refractivity contribution < 1.29 is 14.3 Å². The van der Waals surface area contributed by atoms with E-state index in [9.17, 15) is 9.90 Å². The van der Waals surface area contributed by atoms with E-state index in [1.807, 2.05) is 0 Å². The molecule has 18 heavy (non-hydrogen) atoms. The lowest BCUT2D eigenvalue weighted by molar-refractivity contribution is 0.0688. The molecule has 0 aromatic carbocycles. The van der Waals surface area contributed by atoms with E-state index in [0.29, 0.717) is 29.9 Å². The summed E-state index contributed by atoms with van der Waals surface area (Å²) in [4.78, 5) is 19.8. The van der Waals surface area contributed by atoms with Gasteiger partial charge in [0.15, 0.2) is 11.5 Å². The van der Waals surface area contributed by atoms with Crippen LogP contribution in [0.4, 0.5) is 0 Å². The van der Waals surface area contributed by atoms with Gasteiger partial charge >= 0.3 is 5.97 Å². The number of carboxylic acid groups (broad SMARTS) is 1. The van der Waals surface area contributed by atoms with Crippen LogP contribution in [0.25, 0.3) is 11.4 Å². The molecule has 0 fully saturated rings. The molecule has 2 aromatic heterocycles. The Hall–Kier alpha value is -2.21. The number of hydrogen-bond donors (Lipinski definition) is 2. The molecule has 0 radical (unpaired) electrons. The van der Waals surface area contributed by atoms with E-state index >= 15 is 0 Å². The van der Waals surface area contributed by atoms with Crippen LogP contribution in [0.2, 0.25) is 0 Å². The number of fused-ring (bicyclic) bond motifs is 1. The van der Waals surface area contributed by atoms with Gasteiger partial charge in [0.2, 0.25) is 0 Å². The Morgan fingerprint density at radius 3 is 3.06 bits per heavy atom. The molecule has 0 aliphatic carbocycles. The molecule has 6 nitrogen and oxygen atoms in total. The normalized spacial score (nSPS) is 14.2. The molecule has 3 rings (SSSR count). The van der Waals surface area contributed by atoms with Gasteiger partial charge in [-0.15, -0.1) is 0 Å². The minimum atomic E-state index is -1.03. The zero-order valence-electron chi connectivity index (χ0n) is 9.51. The highest BCUT2D eigenvalue weighted by molar-refractivity contribution is 5.88. The Morgan fingerprint density at radius 2 is 2.33 bits per heavy atom. The maximum atomic E-state index is 11.3. The van der Waals surface area contributed by atoms with Crippen LogP contribution in [-0.2, 0) is 13.0 Å². The summed E-state index contributed by atoms with van der Waals surface area (Å²) in [6, 6.07) is 1.72. The van der Waals surface area contributed by atoms with Crippen molar-refractivity contribution in [1.29, 1.82) is 0 Å². The third kappa shape index (κ3) is 1.76. The number of nitrogens with zero attached hydrogens (tertiary/aromatic N) is 2. The van der Waals surface area contributed by atoms with Gasteiger partial charge in [-0.3, -0.25) is 0 Å². The first-order valence-electron chi connectivity index (χ1n) is 5.62. The number of carboxylic acids is 1. The predicted molar refractivity (Wildman–Crippen MR) is 62.1 cm³/mol. The zero-order valence-corrected chi connectivity index (χ0v) is 9.51. The van der Waals surface area contributed by atoms with Gasteiger partial charge in [-0.1, -0.05) is 0 Å². The summed E-state index contributed by atoms with van der Waals surface area (Å²) in [7, 11) is 0. The summed E-state index contributed by atoms with van der Waals surface area (Å²) in [5.74, 6) is -0.621. The number of aromatic nitrogens is 2. The quantitative estimate of drug-likeness (QED) is 0.823. The first kappa shape index (κ1) is 10.9. The van der Waals surface area contributed by atoms with E-state index < -0.39 is 5.97 Å². The smallest absolute Gasteiger partial charge is 0.354 e. The van der Waals surface area contributed by atoms with Crippen LogP contribution in [0.1, 0.15) is 21.7 Å². The van der Waals surface area contributed by atoms with E-state index in [1.165, 1.54) is 12.5 Å². The summed E-state index contributed by atoms with van der Waals surface area (Å²) in [5, 5.41) is 12.3. The summed E-state index contributed by atoms with van der Waals surface area (Å²) >= 11 is 0. The molecular formula is C12H11N3O3. The van der Waals surface area contributed by atoms with Crippen molar-refractivity contribution in [3.05, 3.63) is 35.5 Å². The second-order valence-electron chi connectivity index (χ2n) is 4.07. The SMILES string of the molecule is O=C(O)c1nc(-c2ccoc2)nc2c1CNCC2. The van der Waals surface area contributed by atoms with Gasteiger partial charge in [0.05, 0.1) is 17.5 Å². The maximum Gasteiger partial charge on any atom is 0.354 e. The third-order valence-corrected chi connectivity index (χ3v) is 2.92. The first-order chi connectivity index (χ1) is 8.75. The van der Waals surface area contributed by atoms with Crippen LogP contribution in [0.5, 0.6) is 0 Å². The average molecular weight is 245 g/mol. The largest absolute Gasteiger partial charge is 0.476 e. The fourth-order valence-electron chi connectivity index (χ4n) is 2.04. The Balaban J connectivity index is 2.18. The molecule has 0 amide bonds. The maximum absolute atomic E-state index is 11.3. The molecule has 0 atom stereocenters. The van der Waals surface area contributed by atoms with Crippen LogP contribution in [0, 0.1) is 0 Å². The van der Waals surface area contributed by atoms with Gasteiger partial charge < -0.3 is 14.8 Å². The lowest BCUT2D eigenvalue weighted by Gasteiger charge is -2.18. The van der Waals surface area contributed by atoms with Gasteiger partial charge in [0, 0.05) is 25.1 Å². The van der Waals surface area contributed by atoms with Crippen LogP contribution in [-0.4, -0.2) is 27.6 Å². The average Bonchev–Trinajstić information content (AvgIpc) is 2.91. The summed E-state index contributed by atoms with van der Waals surface area (Å²) in [5.41, 5.74) is 2.25. The minimum absolute atomic E-state index is 0.0726. The Morgan fingerprint density at radius 1 is 1.44 bits per heavy atom. The zero-order chi connectivity index (χ0) is 12.5. The minimum Gasteiger partial charge on any atom is -0.476 e. The Labute approximate surface area is 103 Å². The van der Waals surface area contributed by atoms with Crippen LogP contribution in [0.15, 0.2) is 23.0 Å². The molecule has 0 unspecified atom stereocenters. The highest BCUT2D eigenvalue weighted by Crippen LogP contribution is 2.21. The number of rotatable bonds is 2. The lowest BCUT2D eigenvalue weighted by atomic mass is 10.0. The van der Waals surface area contributed by atoms with E-state index in [-0.39, 0.29) is 5.69 Å². The van der Waals surface area contributed by atoms with Crippen molar-refractivity contribution in [2.24, 2.45) is 0 Å². The molecule has 0 saturated heterocycles. The molecule has 1 aliphatic heterocycles. The monoisotopic (exact) mass is 245 g/mol. The molecule has 92 valence electrons. The van der Waals surface area contributed by atoms with Crippen molar-refractivity contribution >= 4 is 5.97 Å². The van der Waals surface area contributed by atoms with Gasteiger partial charge in [-0.25, -0.2) is 14.8 Å².